The Balaban J connectivity index is 2.01. The molecule has 1 aliphatic rings. The normalized spacial score (nSPS) is 15.2. The molecule has 0 radical (unpaired) electrons. The molecule has 1 heterocycles. The molecule has 8 nitrogen and oxygen atoms in total. The van der Waals surface area contributed by atoms with E-state index in [-0.39, 0.29) is 34.3 Å². The minimum atomic E-state index is -0.585. The Morgan fingerprint density at radius 3 is 2.32 bits per heavy atom. The molecule has 6 N–H and O–H groups in total. The Labute approximate surface area is 200 Å². The first kappa shape index (κ1) is 25.3. The predicted molar refractivity (Wildman–Crippen MR) is 133 cm³/mol. The number of nitrogens with two attached hydrogens (primary N) is 1. The average Bonchev–Trinajstić information content (AvgIpc) is 2.80. The van der Waals surface area contributed by atoms with E-state index in [0.717, 1.165) is 44.4 Å². The second kappa shape index (κ2) is 11.2. The lowest BCUT2D eigenvalue weighted by Gasteiger charge is -2.27. The van der Waals surface area contributed by atoms with Crippen LogP contribution in [-0.4, -0.2) is 59.5 Å². The van der Waals surface area contributed by atoms with E-state index in [1.165, 1.54) is 6.07 Å². The molecule has 0 saturated carbocycles. The summed E-state index contributed by atoms with van der Waals surface area (Å²) in [6, 6.07) is 10.0. The van der Waals surface area contributed by atoms with Crippen molar-refractivity contribution < 1.29 is 19.8 Å². The Bertz CT molecular complexity index is 1070. The fourth-order valence-electron chi connectivity index (χ4n) is 4.06. The third-order valence-electron chi connectivity index (χ3n) is 5.95. The topological polar surface area (TPSA) is 128 Å². The summed E-state index contributed by atoms with van der Waals surface area (Å²) in [6.07, 6.45) is 0. The molecule has 0 unspecified atom stereocenters. The van der Waals surface area contributed by atoms with Gasteiger partial charge in [0.25, 0.3) is 5.91 Å². The molecule has 182 valence electrons. The maximum absolute atomic E-state index is 13.6. The van der Waals surface area contributed by atoms with Gasteiger partial charge in [0.1, 0.15) is 17.2 Å². The minimum absolute atomic E-state index is 0.00960. The first-order valence-electron chi connectivity index (χ1n) is 11.6. The minimum Gasteiger partial charge on any atom is -0.508 e. The number of carbonyl (C=O) groups is 2. The highest BCUT2D eigenvalue weighted by Crippen LogP contribution is 2.35. The molecule has 0 atom stereocenters. The van der Waals surface area contributed by atoms with Crippen LogP contribution in [0.2, 0.25) is 0 Å². The number of phenols is 2. The number of likely N-dealkylation sites (N-methyl/N-ethyl adjacent to an activating group) is 1. The number of hydrogen-bond donors (Lipinski definition) is 5. The molecular formula is C26H34N4O4. The van der Waals surface area contributed by atoms with Crippen LogP contribution in [0, 0.1) is 0 Å². The fraction of sp³-hybridized carbons (Fsp3) is 0.385. The summed E-state index contributed by atoms with van der Waals surface area (Å²) in [5, 5.41) is 26.6. The smallest absolute Gasteiger partial charge is 0.267 e. The van der Waals surface area contributed by atoms with E-state index in [2.05, 4.69) is 15.5 Å². The first-order chi connectivity index (χ1) is 16.2. The monoisotopic (exact) mass is 466 g/mol. The van der Waals surface area contributed by atoms with Gasteiger partial charge in [0.15, 0.2) is 5.78 Å². The summed E-state index contributed by atoms with van der Waals surface area (Å²) in [4.78, 5) is 28.6. The lowest BCUT2D eigenvalue weighted by molar-refractivity contribution is -0.117. The molecule has 34 heavy (non-hydrogen) atoms. The summed E-state index contributed by atoms with van der Waals surface area (Å²) in [7, 11) is 0. The van der Waals surface area contributed by atoms with Gasteiger partial charge in [-0.1, -0.05) is 38.1 Å². The zero-order valence-electron chi connectivity index (χ0n) is 20.0. The lowest BCUT2D eigenvalue weighted by Crippen LogP contribution is -2.42. The van der Waals surface area contributed by atoms with Crippen molar-refractivity contribution in [3.8, 4) is 11.5 Å². The van der Waals surface area contributed by atoms with Crippen LogP contribution in [0.1, 0.15) is 53.7 Å². The van der Waals surface area contributed by atoms with E-state index in [1.807, 2.05) is 26.0 Å². The summed E-state index contributed by atoms with van der Waals surface area (Å²) < 4.78 is 0. The molecule has 3 rings (SSSR count). The second-order valence-corrected chi connectivity index (χ2v) is 8.78. The zero-order chi connectivity index (χ0) is 24.8. The lowest BCUT2D eigenvalue weighted by atomic mass is 9.90. The first-order valence-corrected chi connectivity index (χ1v) is 11.6. The quantitative estimate of drug-likeness (QED) is 0.298. The van der Waals surface area contributed by atoms with Gasteiger partial charge in [-0.15, -0.1) is 0 Å². The van der Waals surface area contributed by atoms with Crippen molar-refractivity contribution in [2.24, 2.45) is 5.73 Å². The molecule has 1 saturated heterocycles. The molecule has 0 aliphatic carbocycles. The van der Waals surface area contributed by atoms with Gasteiger partial charge in [-0.2, -0.15) is 0 Å². The maximum Gasteiger partial charge on any atom is 0.267 e. The van der Waals surface area contributed by atoms with Crippen molar-refractivity contribution in [1.82, 2.24) is 15.5 Å². The molecule has 0 aromatic heterocycles. The third-order valence-corrected chi connectivity index (χ3v) is 5.95. The standard InChI is InChI=1S/C26H34N4O4/c1-4-29-26(34)24(27)23(25(33)20-13-19(16(2)3)21(31)14-22(20)32)18-7-5-17(6-8-18)15-30-11-9-28-10-12-30/h5-8,13-14,16,28,31-32H,4,9-12,15,27H2,1-3H3,(H,29,34). The van der Waals surface area contributed by atoms with E-state index in [9.17, 15) is 19.8 Å². The van der Waals surface area contributed by atoms with Crippen molar-refractivity contribution >= 4 is 17.3 Å². The molecule has 1 aliphatic heterocycles. The van der Waals surface area contributed by atoms with Crippen LogP contribution in [0.25, 0.3) is 5.57 Å². The summed E-state index contributed by atoms with van der Waals surface area (Å²) in [5.74, 6) is -1.69. The van der Waals surface area contributed by atoms with Crippen molar-refractivity contribution in [1.29, 1.82) is 0 Å². The van der Waals surface area contributed by atoms with Gasteiger partial charge in [-0.3, -0.25) is 14.5 Å². The van der Waals surface area contributed by atoms with Crippen LogP contribution in [0.15, 0.2) is 42.1 Å². The Morgan fingerprint density at radius 1 is 1.09 bits per heavy atom. The molecule has 2 aromatic carbocycles. The van der Waals surface area contributed by atoms with Gasteiger partial charge in [0.2, 0.25) is 0 Å². The van der Waals surface area contributed by atoms with Crippen molar-refractivity contribution in [3.05, 3.63) is 64.3 Å². The molecular weight excluding hydrogens is 432 g/mol. The average molecular weight is 467 g/mol. The van der Waals surface area contributed by atoms with Gasteiger partial charge in [-0.25, -0.2) is 0 Å². The van der Waals surface area contributed by atoms with E-state index < -0.39 is 11.7 Å². The highest BCUT2D eigenvalue weighted by Gasteiger charge is 2.25. The van der Waals surface area contributed by atoms with Gasteiger partial charge < -0.3 is 26.6 Å². The van der Waals surface area contributed by atoms with E-state index in [4.69, 9.17) is 5.73 Å². The van der Waals surface area contributed by atoms with Crippen LogP contribution in [0.4, 0.5) is 0 Å². The number of amides is 1. The molecule has 0 bridgehead atoms. The Morgan fingerprint density at radius 2 is 1.74 bits per heavy atom. The van der Waals surface area contributed by atoms with Crippen LogP contribution in [0.5, 0.6) is 11.5 Å². The van der Waals surface area contributed by atoms with Crippen LogP contribution >= 0.6 is 0 Å². The van der Waals surface area contributed by atoms with Crippen molar-refractivity contribution in [2.45, 2.75) is 33.2 Å². The molecule has 2 aromatic rings. The number of phenolic OH excluding ortho intramolecular Hbond substituents is 2. The largest absolute Gasteiger partial charge is 0.508 e. The number of ketones is 1. The van der Waals surface area contributed by atoms with Crippen LogP contribution in [0.3, 0.4) is 0 Å². The van der Waals surface area contributed by atoms with E-state index in [1.54, 1.807) is 19.1 Å². The Hall–Kier alpha value is -3.36. The van der Waals surface area contributed by atoms with Gasteiger partial charge >= 0.3 is 0 Å². The van der Waals surface area contributed by atoms with Crippen molar-refractivity contribution in [3.63, 3.8) is 0 Å². The number of nitrogens with one attached hydrogen (secondary N) is 2. The van der Waals surface area contributed by atoms with Crippen LogP contribution in [-0.2, 0) is 11.3 Å². The van der Waals surface area contributed by atoms with E-state index >= 15 is 0 Å². The van der Waals surface area contributed by atoms with Crippen LogP contribution < -0.4 is 16.4 Å². The number of piperazine rings is 1. The van der Waals surface area contributed by atoms with E-state index in [0.29, 0.717) is 17.7 Å². The van der Waals surface area contributed by atoms with Crippen molar-refractivity contribution in [2.75, 3.05) is 32.7 Å². The second-order valence-electron chi connectivity index (χ2n) is 8.78. The fourth-order valence-corrected chi connectivity index (χ4v) is 4.06. The van der Waals surface area contributed by atoms with Gasteiger partial charge in [0, 0.05) is 45.3 Å². The zero-order valence-corrected chi connectivity index (χ0v) is 20.0. The Kier molecular flexibility index (Phi) is 8.31. The van der Waals surface area contributed by atoms with Gasteiger partial charge in [-0.05, 0) is 35.6 Å². The number of hydrogen-bond acceptors (Lipinski definition) is 7. The number of Topliss-reactive ketones (excluding diaryl/α,β-unsaturated/α-hetero) is 1. The molecule has 1 amide bonds. The highest BCUT2D eigenvalue weighted by molar-refractivity contribution is 6.33. The van der Waals surface area contributed by atoms with Gasteiger partial charge in [0.05, 0.1) is 11.1 Å². The number of benzene rings is 2. The summed E-state index contributed by atoms with van der Waals surface area (Å²) >= 11 is 0. The number of aromatic hydroxyl groups is 2. The molecule has 8 heteroatoms. The predicted octanol–water partition coefficient (Wildman–Crippen LogP) is 2.32. The maximum atomic E-state index is 13.6. The number of rotatable bonds is 8. The SMILES string of the molecule is CCNC(=O)C(N)=C(C(=O)c1cc(C(C)C)c(O)cc1O)c1ccc(CN2CCNCC2)cc1. The third kappa shape index (κ3) is 5.76. The number of allylic oxidation sites excluding steroid dienone is 1. The summed E-state index contributed by atoms with van der Waals surface area (Å²) in [6.45, 7) is 10.5. The summed E-state index contributed by atoms with van der Waals surface area (Å²) in [5.41, 5.74) is 8.04. The number of nitrogens with zero attached hydrogens (tertiary/aromatic N) is 1. The highest BCUT2D eigenvalue weighted by atomic mass is 16.3. The molecule has 0 spiro atoms. The number of carbonyl (C=O) groups excluding carboxylic acids is 2. The molecule has 1 fully saturated rings.